The topological polar surface area (TPSA) is 72.1 Å². The fourth-order valence-corrected chi connectivity index (χ4v) is 4.87. The highest BCUT2D eigenvalue weighted by molar-refractivity contribution is 14.0. The van der Waals surface area contributed by atoms with Gasteiger partial charge in [0.15, 0.2) is 5.96 Å². The van der Waals surface area contributed by atoms with Gasteiger partial charge in [-0.1, -0.05) is 12.8 Å². The Hall–Kier alpha value is -0.870. The minimum absolute atomic E-state index is 0. The molecule has 2 aliphatic rings. The molecule has 1 aliphatic heterocycles. The van der Waals surface area contributed by atoms with E-state index in [-0.39, 0.29) is 29.5 Å². The summed E-state index contributed by atoms with van der Waals surface area (Å²) >= 11 is 2.05. The van der Waals surface area contributed by atoms with E-state index in [1.165, 1.54) is 37.2 Å². The Bertz CT molecular complexity index is 632. The van der Waals surface area contributed by atoms with Gasteiger partial charge in [-0.05, 0) is 25.0 Å². The summed E-state index contributed by atoms with van der Waals surface area (Å²) in [6.45, 7) is 3.08. The molecule has 1 aromatic carbocycles. The van der Waals surface area contributed by atoms with E-state index >= 15 is 0 Å². The lowest BCUT2D eigenvalue weighted by Crippen LogP contribution is -2.52. The quantitative estimate of drug-likeness (QED) is 0.350. The van der Waals surface area contributed by atoms with Crippen molar-refractivity contribution < 1.29 is 9.47 Å². The molecule has 0 bridgehead atoms. The molecule has 0 spiro atoms. The van der Waals surface area contributed by atoms with E-state index < -0.39 is 0 Å². The molecule has 0 atom stereocenters. The van der Waals surface area contributed by atoms with Crippen LogP contribution >= 0.6 is 35.7 Å². The molecule has 0 radical (unpaired) electrons. The summed E-state index contributed by atoms with van der Waals surface area (Å²) in [6.07, 6.45) is 5.01. The number of hydrogen-bond donors (Lipinski definition) is 2. The summed E-state index contributed by atoms with van der Waals surface area (Å²) in [5.74, 6) is 4.33. The molecule has 1 aliphatic carbocycles. The zero-order chi connectivity index (χ0) is 18.4. The lowest BCUT2D eigenvalue weighted by molar-refractivity contribution is 0.112. The van der Waals surface area contributed by atoms with Crippen molar-refractivity contribution in [1.82, 2.24) is 4.90 Å². The standard InChI is InChI=1S/C19H30N4O2S.HI/c1-24-15-5-6-17(25-2)16(13-15)22-18(20)21-14-19(7-3-4-8-19)23-9-11-26-12-10-23;/h5-6,13H,3-4,7-12,14H2,1-2H3,(H3,20,21,22);1H. The predicted molar refractivity (Wildman–Crippen MR) is 125 cm³/mol. The van der Waals surface area contributed by atoms with Crippen LogP contribution in [0, 0.1) is 0 Å². The van der Waals surface area contributed by atoms with E-state index in [0.717, 1.165) is 31.1 Å². The fraction of sp³-hybridized carbons (Fsp3) is 0.632. The van der Waals surface area contributed by atoms with Crippen LogP contribution in [0.1, 0.15) is 25.7 Å². The number of nitrogens with one attached hydrogen (secondary N) is 1. The second-order valence-electron chi connectivity index (χ2n) is 6.92. The monoisotopic (exact) mass is 506 g/mol. The third kappa shape index (κ3) is 5.57. The number of thioether (sulfide) groups is 1. The van der Waals surface area contributed by atoms with Gasteiger partial charge in [0.25, 0.3) is 0 Å². The van der Waals surface area contributed by atoms with Crippen LogP contribution in [-0.2, 0) is 0 Å². The Labute approximate surface area is 183 Å². The highest BCUT2D eigenvalue weighted by Gasteiger charge is 2.39. The smallest absolute Gasteiger partial charge is 0.193 e. The van der Waals surface area contributed by atoms with Crippen molar-refractivity contribution in [3.05, 3.63) is 18.2 Å². The molecule has 27 heavy (non-hydrogen) atoms. The van der Waals surface area contributed by atoms with Crippen LogP contribution in [0.25, 0.3) is 0 Å². The van der Waals surface area contributed by atoms with Crippen molar-refractivity contribution in [2.75, 3.05) is 50.7 Å². The Morgan fingerprint density at radius 1 is 1.22 bits per heavy atom. The van der Waals surface area contributed by atoms with Crippen molar-refractivity contribution in [1.29, 1.82) is 0 Å². The number of methoxy groups -OCH3 is 2. The molecule has 1 saturated carbocycles. The summed E-state index contributed by atoms with van der Waals surface area (Å²) in [4.78, 5) is 7.37. The van der Waals surface area contributed by atoms with Gasteiger partial charge in [-0.15, -0.1) is 24.0 Å². The molecule has 6 nitrogen and oxygen atoms in total. The molecule has 1 heterocycles. The Balaban J connectivity index is 0.00000261. The summed E-state index contributed by atoms with van der Waals surface area (Å²) < 4.78 is 10.7. The highest BCUT2D eigenvalue weighted by atomic mass is 127. The number of nitrogens with two attached hydrogens (primary N) is 1. The van der Waals surface area contributed by atoms with Gasteiger partial charge in [0.1, 0.15) is 11.5 Å². The SMILES string of the molecule is COc1ccc(OC)c(NC(N)=NCC2(N3CCSCC3)CCCC2)c1.I. The third-order valence-electron chi connectivity index (χ3n) is 5.43. The number of guanidine groups is 1. The maximum Gasteiger partial charge on any atom is 0.193 e. The van der Waals surface area contributed by atoms with E-state index in [0.29, 0.717) is 11.7 Å². The summed E-state index contributed by atoms with van der Waals surface area (Å²) in [6, 6.07) is 5.59. The van der Waals surface area contributed by atoms with Crippen molar-refractivity contribution in [2.45, 2.75) is 31.2 Å². The van der Waals surface area contributed by atoms with Crippen LogP contribution in [-0.4, -0.2) is 61.8 Å². The largest absolute Gasteiger partial charge is 0.497 e. The van der Waals surface area contributed by atoms with Crippen molar-refractivity contribution in [3.63, 3.8) is 0 Å². The second-order valence-corrected chi connectivity index (χ2v) is 8.15. The molecule has 152 valence electrons. The van der Waals surface area contributed by atoms with Crippen molar-refractivity contribution in [3.8, 4) is 11.5 Å². The van der Waals surface area contributed by atoms with Gasteiger partial charge in [-0.25, -0.2) is 0 Å². The number of aliphatic imine (C=N–C) groups is 1. The van der Waals surface area contributed by atoms with Crippen molar-refractivity contribution >= 4 is 47.4 Å². The average molecular weight is 506 g/mol. The molecule has 8 heteroatoms. The van der Waals surface area contributed by atoms with E-state index in [9.17, 15) is 0 Å². The Morgan fingerprint density at radius 3 is 2.56 bits per heavy atom. The van der Waals surface area contributed by atoms with Gasteiger partial charge in [0.05, 0.1) is 26.5 Å². The lowest BCUT2D eigenvalue weighted by atomic mass is 9.95. The minimum atomic E-state index is 0. The summed E-state index contributed by atoms with van der Waals surface area (Å²) in [5.41, 5.74) is 7.16. The normalized spacial score (nSPS) is 20.0. The molecule has 1 saturated heterocycles. The first kappa shape index (κ1) is 22.4. The molecule has 3 N–H and O–H groups in total. The maximum atomic E-state index is 6.21. The third-order valence-corrected chi connectivity index (χ3v) is 6.37. The first-order chi connectivity index (χ1) is 12.7. The van der Waals surface area contributed by atoms with Crippen LogP contribution in [0.4, 0.5) is 5.69 Å². The number of anilines is 1. The number of benzene rings is 1. The number of nitrogens with zero attached hydrogens (tertiary/aromatic N) is 2. The van der Waals surface area contributed by atoms with E-state index in [1.54, 1.807) is 14.2 Å². The van der Waals surface area contributed by atoms with Crippen molar-refractivity contribution in [2.24, 2.45) is 10.7 Å². The zero-order valence-electron chi connectivity index (χ0n) is 16.2. The fourth-order valence-electron chi connectivity index (χ4n) is 3.97. The lowest BCUT2D eigenvalue weighted by Gasteiger charge is -2.42. The van der Waals surface area contributed by atoms with Gasteiger partial charge in [-0.2, -0.15) is 11.8 Å². The van der Waals surface area contributed by atoms with Gasteiger partial charge in [-0.3, -0.25) is 9.89 Å². The molecule has 2 fully saturated rings. The maximum absolute atomic E-state index is 6.21. The van der Waals surface area contributed by atoms with E-state index in [1.807, 2.05) is 30.0 Å². The molecular weight excluding hydrogens is 475 g/mol. The number of ether oxygens (including phenoxy) is 2. The number of rotatable bonds is 6. The van der Waals surface area contributed by atoms with Crippen LogP contribution in [0.3, 0.4) is 0 Å². The van der Waals surface area contributed by atoms with Crippen LogP contribution < -0.4 is 20.5 Å². The molecule has 1 aromatic rings. The van der Waals surface area contributed by atoms with Gasteiger partial charge in [0.2, 0.25) is 0 Å². The molecule has 0 aromatic heterocycles. The number of halogens is 1. The average Bonchev–Trinajstić information content (AvgIpc) is 3.17. The molecule has 0 unspecified atom stereocenters. The Kier molecular flexibility index (Phi) is 8.81. The van der Waals surface area contributed by atoms with E-state index in [4.69, 9.17) is 20.2 Å². The summed E-state index contributed by atoms with van der Waals surface area (Å²) in [7, 11) is 3.28. The molecule has 3 rings (SSSR count). The van der Waals surface area contributed by atoms with Crippen LogP contribution in [0.15, 0.2) is 23.2 Å². The van der Waals surface area contributed by atoms with Gasteiger partial charge >= 0.3 is 0 Å². The minimum Gasteiger partial charge on any atom is -0.497 e. The van der Waals surface area contributed by atoms with Crippen LogP contribution in [0.2, 0.25) is 0 Å². The van der Waals surface area contributed by atoms with Gasteiger partial charge in [0, 0.05) is 36.2 Å². The second kappa shape index (κ2) is 10.6. The molecular formula is C19H31IN4O2S. The van der Waals surface area contributed by atoms with E-state index in [2.05, 4.69) is 10.2 Å². The first-order valence-corrected chi connectivity index (χ1v) is 10.4. The zero-order valence-corrected chi connectivity index (χ0v) is 19.3. The summed E-state index contributed by atoms with van der Waals surface area (Å²) in [5, 5.41) is 3.18. The van der Waals surface area contributed by atoms with Crippen LogP contribution in [0.5, 0.6) is 11.5 Å². The number of hydrogen-bond acceptors (Lipinski definition) is 5. The molecule has 0 amide bonds. The Morgan fingerprint density at radius 2 is 1.93 bits per heavy atom. The van der Waals surface area contributed by atoms with Gasteiger partial charge < -0.3 is 20.5 Å². The predicted octanol–water partition coefficient (Wildman–Crippen LogP) is 3.41. The first-order valence-electron chi connectivity index (χ1n) is 9.29. The highest BCUT2D eigenvalue weighted by Crippen LogP contribution is 2.37.